The van der Waals surface area contributed by atoms with Crippen LogP contribution in [0.1, 0.15) is 73.1 Å². The third-order valence-corrected chi connectivity index (χ3v) is 8.28. The van der Waals surface area contributed by atoms with Crippen LogP contribution >= 0.6 is 0 Å². The number of hydrogen-bond donors (Lipinski definition) is 2. The first-order chi connectivity index (χ1) is 17.7. The Labute approximate surface area is 227 Å². The van der Waals surface area contributed by atoms with Gasteiger partial charge in [0.1, 0.15) is 11.6 Å². The van der Waals surface area contributed by atoms with E-state index in [0.717, 1.165) is 0 Å². The van der Waals surface area contributed by atoms with Gasteiger partial charge in [0, 0.05) is 33.4 Å². The fourth-order valence-corrected chi connectivity index (χ4v) is 6.16. The molecule has 3 atom stereocenters. The van der Waals surface area contributed by atoms with Gasteiger partial charge in [-0.1, -0.05) is 13.8 Å². The van der Waals surface area contributed by atoms with E-state index in [9.17, 15) is 22.8 Å². The van der Waals surface area contributed by atoms with Crippen molar-refractivity contribution in [1.82, 2.24) is 24.5 Å². The summed E-state index contributed by atoms with van der Waals surface area (Å²) in [5.74, 6) is -2.60. The third-order valence-electron chi connectivity index (χ3n) is 6.50. The average Bonchev–Trinajstić information content (AvgIpc) is 3.25. The van der Waals surface area contributed by atoms with E-state index >= 15 is 0 Å². The number of imidazole rings is 1. The number of nitrogens with zero attached hydrogens (tertiary/aromatic N) is 3. The zero-order valence-electron chi connectivity index (χ0n) is 23.8. The number of amides is 2. The van der Waals surface area contributed by atoms with Crippen LogP contribution in [-0.2, 0) is 36.2 Å². The van der Waals surface area contributed by atoms with E-state index < -0.39 is 39.5 Å². The predicted octanol–water partition coefficient (Wildman–Crippen LogP) is 2.23. The second-order valence-corrected chi connectivity index (χ2v) is 13.4. The molecule has 2 amide bonds. The molecule has 1 aromatic heterocycles. The van der Waals surface area contributed by atoms with Gasteiger partial charge in [0.05, 0.1) is 18.2 Å². The van der Waals surface area contributed by atoms with Crippen molar-refractivity contribution in [2.45, 2.75) is 89.8 Å². The molecule has 11 nitrogen and oxygen atoms in total. The Hall–Kier alpha value is -2.47. The van der Waals surface area contributed by atoms with Gasteiger partial charge in [0.15, 0.2) is 5.03 Å². The van der Waals surface area contributed by atoms with Crippen LogP contribution in [0.4, 0.5) is 0 Å². The normalized spacial score (nSPS) is 23.1. The van der Waals surface area contributed by atoms with E-state index in [1.165, 1.54) is 23.9 Å². The molecule has 2 N–H and O–H groups in total. The molecule has 216 valence electrons. The molecule has 0 aromatic carbocycles. The Kier molecular flexibility index (Phi) is 11.3. The van der Waals surface area contributed by atoms with Crippen molar-refractivity contribution in [2.75, 3.05) is 20.1 Å². The summed E-state index contributed by atoms with van der Waals surface area (Å²) in [6.07, 6.45) is 5.31. The Morgan fingerprint density at radius 1 is 1.18 bits per heavy atom. The van der Waals surface area contributed by atoms with Crippen LogP contribution in [0.15, 0.2) is 17.6 Å². The maximum absolute atomic E-state index is 13.6. The molecule has 2 unspecified atom stereocenters. The van der Waals surface area contributed by atoms with Crippen molar-refractivity contribution in [3.63, 3.8) is 0 Å². The highest BCUT2D eigenvalue weighted by atomic mass is 32.2. The first kappa shape index (κ1) is 31.7. The van der Waals surface area contributed by atoms with Crippen molar-refractivity contribution in [1.29, 1.82) is 0 Å². The van der Waals surface area contributed by atoms with Crippen molar-refractivity contribution in [3.8, 4) is 0 Å². The second-order valence-electron chi connectivity index (χ2n) is 11.5. The summed E-state index contributed by atoms with van der Waals surface area (Å²) in [4.78, 5) is 43.6. The topological polar surface area (TPSA) is 140 Å². The van der Waals surface area contributed by atoms with E-state index in [4.69, 9.17) is 4.74 Å². The van der Waals surface area contributed by atoms with Crippen LogP contribution < -0.4 is 10.6 Å². The number of carbonyl (C=O) groups excluding carboxylic acids is 3. The third kappa shape index (κ3) is 9.07. The lowest BCUT2D eigenvalue weighted by Gasteiger charge is -2.31. The number of ether oxygens (including phenoxy) is 1. The van der Waals surface area contributed by atoms with E-state index in [1.807, 2.05) is 13.8 Å². The number of rotatable bonds is 6. The Morgan fingerprint density at radius 3 is 2.39 bits per heavy atom. The van der Waals surface area contributed by atoms with Gasteiger partial charge >= 0.3 is 5.97 Å². The Bertz CT molecular complexity index is 1060. The molecule has 38 heavy (non-hydrogen) atoms. The minimum absolute atomic E-state index is 0.0363. The molecule has 1 aliphatic heterocycles. The number of likely N-dealkylation sites (N-methyl/N-ethyl adjacent to an activating group) is 1. The lowest BCUT2D eigenvalue weighted by atomic mass is 9.81. The highest BCUT2D eigenvalue weighted by Crippen LogP contribution is 2.29. The van der Waals surface area contributed by atoms with Gasteiger partial charge in [0.25, 0.3) is 10.0 Å². The summed E-state index contributed by atoms with van der Waals surface area (Å²) in [5, 5.41) is 5.43. The fraction of sp³-hybridized carbons (Fsp3) is 0.769. The van der Waals surface area contributed by atoms with E-state index in [0.29, 0.717) is 32.1 Å². The Balaban J connectivity index is 2.46. The minimum Gasteiger partial charge on any atom is -0.460 e. The molecule has 0 bridgehead atoms. The SMILES string of the molecule is CNC(=O)C1CCCCN(S(=O)(=O)c2cn(C)cn2)CCC[C@H](C(=O)OC(C)(C)C)C(CC(C)C)C(=O)N1. The number of sulfonamides is 1. The van der Waals surface area contributed by atoms with Crippen LogP contribution in [0.3, 0.4) is 0 Å². The zero-order chi connectivity index (χ0) is 28.7. The maximum Gasteiger partial charge on any atom is 0.310 e. The molecule has 1 fully saturated rings. The molecular weight excluding hydrogens is 510 g/mol. The van der Waals surface area contributed by atoms with Gasteiger partial charge in [-0.3, -0.25) is 14.4 Å². The summed E-state index contributed by atoms with van der Waals surface area (Å²) in [6.45, 7) is 9.66. The molecule has 0 aliphatic carbocycles. The van der Waals surface area contributed by atoms with Crippen molar-refractivity contribution in [2.24, 2.45) is 24.8 Å². The predicted molar refractivity (Wildman–Crippen MR) is 143 cm³/mol. The molecule has 1 saturated heterocycles. The number of esters is 1. The highest BCUT2D eigenvalue weighted by Gasteiger charge is 2.38. The number of hydrogen-bond acceptors (Lipinski definition) is 7. The first-order valence-corrected chi connectivity index (χ1v) is 14.8. The molecule has 1 aromatic rings. The van der Waals surface area contributed by atoms with Gasteiger partial charge in [-0.15, -0.1) is 0 Å². The van der Waals surface area contributed by atoms with Crippen LogP contribution in [0.5, 0.6) is 0 Å². The largest absolute Gasteiger partial charge is 0.460 e. The standard InChI is InChI=1S/C26H45N5O6S/c1-18(2)15-20-19(25(34)37-26(3,4)5)11-10-14-31(38(35,36)22-16-30(7)17-28-22)13-9-8-12-21(24(33)27-6)29-23(20)32/h16-21H,8-15H2,1-7H3,(H,27,33)(H,29,32)/t19-,20?,21?/m0/s1. The molecular formula is C26H45N5O6S. The molecule has 12 heteroatoms. The minimum atomic E-state index is -3.86. The van der Waals surface area contributed by atoms with E-state index in [2.05, 4.69) is 15.6 Å². The second kappa shape index (κ2) is 13.5. The molecule has 0 spiro atoms. The van der Waals surface area contributed by atoms with Gasteiger partial charge in [-0.05, 0) is 65.2 Å². The lowest BCUT2D eigenvalue weighted by Crippen LogP contribution is -2.50. The molecule has 2 heterocycles. The smallest absolute Gasteiger partial charge is 0.310 e. The first-order valence-electron chi connectivity index (χ1n) is 13.4. The zero-order valence-corrected chi connectivity index (χ0v) is 24.6. The number of nitrogens with one attached hydrogen (secondary N) is 2. The van der Waals surface area contributed by atoms with E-state index in [1.54, 1.807) is 32.4 Å². The van der Waals surface area contributed by atoms with Gasteiger partial charge in [0.2, 0.25) is 11.8 Å². The van der Waals surface area contributed by atoms with Crippen molar-refractivity contribution >= 4 is 27.8 Å². The van der Waals surface area contributed by atoms with Crippen LogP contribution in [-0.4, -0.2) is 71.8 Å². The number of aromatic nitrogens is 2. The quantitative estimate of drug-likeness (QED) is 0.513. The summed E-state index contributed by atoms with van der Waals surface area (Å²) in [5.41, 5.74) is -0.754. The van der Waals surface area contributed by atoms with Gasteiger partial charge in [-0.25, -0.2) is 13.4 Å². The van der Waals surface area contributed by atoms with Crippen LogP contribution in [0.2, 0.25) is 0 Å². The highest BCUT2D eigenvalue weighted by molar-refractivity contribution is 7.89. The number of aryl methyl sites for hydroxylation is 1. The van der Waals surface area contributed by atoms with Crippen LogP contribution in [0.25, 0.3) is 0 Å². The average molecular weight is 556 g/mol. The molecule has 2 rings (SSSR count). The molecule has 0 saturated carbocycles. The Morgan fingerprint density at radius 2 is 1.84 bits per heavy atom. The monoisotopic (exact) mass is 555 g/mol. The molecule has 0 radical (unpaired) electrons. The van der Waals surface area contributed by atoms with Crippen molar-refractivity contribution < 1.29 is 27.5 Å². The summed E-state index contributed by atoms with van der Waals surface area (Å²) >= 11 is 0. The summed E-state index contributed by atoms with van der Waals surface area (Å²) in [7, 11) is -0.651. The maximum atomic E-state index is 13.6. The van der Waals surface area contributed by atoms with Gasteiger partial charge in [-0.2, -0.15) is 4.31 Å². The summed E-state index contributed by atoms with van der Waals surface area (Å²) in [6, 6.07) is -0.789. The van der Waals surface area contributed by atoms with E-state index in [-0.39, 0.29) is 42.3 Å². The molecule has 1 aliphatic rings. The van der Waals surface area contributed by atoms with Gasteiger partial charge < -0.3 is 19.9 Å². The van der Waals surface area contributed by atoms with Crippen molar-refractivity contribution in [3.05, 3.63) is 12.5 Å². The number of carbonyl (C=O) groups is 3. The van der Waals surface area contributed by atoms with Crippen LogP contribution in [0, 0.1) is 17.8 Å². The lowest BCUT2D eigenvalue weighted by molar-refractivity contribution is -0.164. The summed E-state index contributed by atoms with van der Waals surface area (Å²) < 4.78 is 35.5. The fourth-order valence-electron chi connectivity index (χ4n) is 4.68.